The number of hydrogen-bond acceptors (Lipinski definition) is 4. The number of allylic oxidation sites excluding steroid dienone is 2. The lowest BCUT2D eigenvalue weighted by molar-refractivity contribution is -0.150. The Morgan fingerprint density at radius 3 is 2.92 bits per heavy atom. The zero-order valence-corrected chi connectivity index (χ0v) is 14.5. The summed E-state index contributed by atoms with van der Waals surface area (Å²) in [7, 11) is 0. The molecule has 0 aromatic heterocycles. The lowest BCUT2D eigenvalue weighted by Gasteiger charge is -2.17. The van der Waals surface area contributed by atoms with Gasteiger partial charge in [0.15, 0.2) is 0 Å². The van der Waals surface area contributed by atoms with Crippen molar-refractivity contribution in [3.8, 4) is 0 Å². The van der Waals surface area contributed by atoms with E-state index in [0.717, 1.165) is 32.1 Å². The molecule has 1 heterocycles. The number of rotatable bonds is 7. The molecule has 0 aromatic carbocycles. The van der Waals surface area contributed by atoms with Gasteiger partial charge in [0.2, 0.25) is 0 Å². The molecule has 4 nitrogen and oxygen atoms in total. The fourth-order valence-corrected chi connectivity index (χ4v) is 3.17. The van der Waals surface area contributed by atoms with E-state index >= 15 is 0 Å². The van der Waals surface area contributed by atoms with Gasteiger partial charge in [0.1, 0.15) is 6.10 Å². The fraction of sp³-hybridized carbons (Fsp3) is 0.650. The third-order valence-electron chi connectivity index (χ3n) is 4.69. The molecule has 0 radical (unpaired) electrons. The second-order valence-electron chi connectivity index (χ2n) is 6.75. The fourth-order valence-electron chi connectivity index (χ4n) is 3.17. The van der Waals surface area contributed by atoms with Crippen LogP contribution in [0.2, 0.25) is 0 Å². The molecule has 0 bridgehead atoms. The maximum atomic E-state index is 11.8. The number of aliphatic hydroxyl groups excluding tert-OH is 2. The molecular weight excluding hydrogens is 304 g/mol. The van der Waals surface area contributed by atoms with Crippen LogP contribution in [0, 0.1) is 11.8 Å². The number of carbonyl (C=O) groups excluding carboxylic acids is 1. The summed E-state index contributed by atoms with van der Waals surface area (Å²) in [5.41, 5.74) is 0. The first-order chi connectivity index (χ1) is 11.6. The maximum Gasteiger partial charge on any atom is 0.306 e. The van der Waals surface area contributed by atoms with E-state index in [-0.39, 0.29) is 23.9 Å². The molecule has 1 aliphatic carbocycles. The predicted octanol–water partition coefficient (Wildman–Crippen LogP) is 3.30. The Labute approximate surface area is 144 Å². The third-order valence-corrected chi connectivity index (χ3v) is 4.69. The van der Waals surface area contributed by atoms with Gasteiger partial charge in [0, 0.05) is 18.8 Å². The van der Waals surface area contributed by atoms with Crippen LogP contribution in [0.3, 0.4) is 0 Å². The van der Waals surface area contributed by atoms with Crippen molar-refractivity contribution in [3.05, 3.63) is 36.5 Å². The smallest absolute Gasteiger partial charge is 0.306 e. The quantitative estimate of drug-likeness (QED) is 0.554. The zero-order valence-electron chi connectivity index (χ0n) is 14.5. The summed E-state index contributed by atoms with van der Waals surface area (Å²) in [6.07, 6.45) is 15.6. The lowest BCUT2D eigenvalue weighted by atomic mass is 10.1. The molecule has 4 heteroatoms. The monoisotopic (exact) mass is 334 g/mol. The van der Waals surface area contributed by atoms with E-state index in [9.17, 15) is 15.0 Å². The topological polar surface area (TPSA) is 66.8 Å². The molecule has 1 saturated carbocycles. The average molecular weight is 334 g/mol. The van der Waals surface area contributed by atoms with Gasteiger partial charge in [0.25, 0.3) is 0 Å². The highest BCUT2D eigenvalue weighted by Crippen LogP contribution is 2.46. The van der Waals surface area contributed by atoms with Crippen molar-refractivity contribution in [2.45, 2.75) is 70.2 Å². The van der Waals surface area contributed by atoms with Crippen molar-refractivity contribution < 1.29 is 19.7 Å². The van der Waals surface area contributed by atoms with Crippen LogP contribution in [-0.4, -0.2) is 34.5 Å². The van der Waals surface area contributed by atoms with Crippen molar-refractivity contribution in [2.75, 3.05) is 0 Å². The van der Waals surface area contributed by atoms with Gasteiger partial charge in [-0.25, -0.2) is 0 Å². The highest BCUT2D eigenvalue weighted by atomic mass is 16.5. The standard InChI is InChI=1S/C20H30O4/c1-2-3-6-9-15(21)12-13-18(22)16-14-17(16)19-10-7-4-5-8-11-20(23)24-19/h3-4,6-7,12-13,15-19,21-22H,2,5,8-11,14H2,1H3/b6-3+,7-4-,13-12+/t15-,16-,17?,18-,19+/m1/s1. The molecule has 1 aliphatic heterocycles. The normalized spacial score (nSPS) is 32.0. The Morgan fingerprint density at radius 2 is 2.12 bits per heavy atom. The Kier molecular flexibility index (Phi) is 7.73. The van der Waals surface area contributed by atoms with Crippen LogP contribution in [0.4, 0.5) is 0 Å². The minimum Gasteiger partial charge on any atom is -0.462 e. The summed E-state index contributed by atoms with van der Waals surface area (Å²) in [5, 5.41) is 20.1. The van der Waals surface area contributed by atoms with Crippen LogP contribution in [0.25, 0.3) is 0 Å². The van der Waals surface area contributed by atoms with Gasteiger partial charge in [-0.2, -0.15) is 0 Å². The van der Waals surface area contributed by atoms with E-state index < -0.39 is 12.2 Å². The molecule has 0 saturated heterocycles. The third kappa shape index (κ3) is 6.25. The highest BCUT2D eigenvalue weighted by molar-refractivity contribution is 5.69. The molecule has 1 fully saturated rings. The molecule has 0 aromatic rings. The predicted molar refractivity (Wildman–Crippen MR) is 94.3 cm³/mol. The van der Waals surface area contributed by atoms with Crippen LogP contribution in [0.15, 0.2) is 36.5 Å². The number of hydrogen-bond donors (Lipinski definition) is 2. The second-order valence-corrected chi connectivity index (χ2v) is 6.75. The van der Waals surface area contributed by atoms with Crippen molar-refractivity contribution in [3.63, 3.8) is 0 Å². The molecule has 134 valence electrons. The molecule has 0 spiro atoms. The minimum absolute atomic E-state index is 0.117. The van der Waals surface area contributed by atoms with Crippen LogP contribution < -0.4 is 0 Å². The van der Waals surface area contributed by atoms with Crippen LogP contribution in [0.1, 0.15) is 51.9 Å². The largest absolute Gasteiger partial charge is 0.462 e. The van der Waals surface area contributed by atoms with Gasteiger partial charge in [-0.15, -0.1) is 0 Å². The van der Waals surface area contributed by atoms with Gasteiger partial charge in [-0.05, 0) is 38.0 Å². The SMILES string of the molecule is CC/C=C/C[C@@H](O)/C=C/[C@@H](O)[C@@H]1CC1[C@@H]1C/C=C\CCCC(=O)O1. The zero-order chi connectivity index (χ0) is 17.4. The molecule has 1 unspecified atom stereocenters. The van der Waals surface area contributed by atoms with Gasteiger partial charge in [-0.3, -0.25) is 4.79 Å². The summed E-state index contributed by atoms with van der Waals surface area (Å²) in [5.74, 6) is 0.206. The molecular formula is C20H30O4. The lowest BCUT2D eigenvalue weighted by Crippen LogP contribution is -2.22. The summed E-state index contributed by atoms with van der Waals surface area (Å²) in [6, 6.07) is 0. The molecule has 2 N–H and O–H groups in total. The summed E-state index contributed by atoms with van der Waals surface area (Å²) < 4.78 is 5.58. The van der Waals surface area contributed by atoms with E-state index in [1.807, 2.05) is 12.2 Å². The van der Waals surface area contributed by atoms with Gasteiger partial charge < -0.3 is 14.9 Å². The van der Waals surface area contributed by atoms with E-state index in [1.54, 1.807) is 12.2 Å². The van der Waals surface area contributed by atoms with Gasteiger partial charge >= 0.3 is 5.97 Å². The Balaban J connectivity index is 1.81. The molecule has 2 aliphatic rings. The Morgan fingerprint density at radius 1 is 1.29 bits per heavy atom. The van der Waals surface area contributed by atoms with E-state index in [4.69, 9.17) is 4.74 Å². The number of carbonyl (C=O) groups is 1. The first kappa shape index (κ1) is 18.9. The minimum atomic E-state index is -0.588. The Hall–Kier alpha value is -1.39. The van der Waals surface area contributed by atoms with Crippen molar-refractivity contribution in [1.29, 1.82) is 0 Å². The Bertz CT molecular complexity index is 480. The second kappa shape index (κ2) is 9.80. The molecule has 24 heavy (non-hydrogen) atoms. The number of ether oxygens (including phenoxy) is 1. The highest BCUT2D eigenvalue weighted by Gasteiger charge is 2.47. The molecule has 5 atom stereocenters. The van der Waals surface area contributed by atoms with E-state index in [2.05, 4.69) is 19.1 Å². The molecule has 0 amide bonds. The number of aliphatic hydroxyl groups is 2. The summed E-state index contributed by atoms with van der Waals surface area (Å²) in [6.45, 7) is 2.05. The van der Waals surface area contributed by atoms with E-state index in [0.29, 0.717) is 12.8 Å². The van der Waals surface area contributed by atoms with Crippen molar-refractivity contribution in [1.82, 2.24) is 0 Å². The van der Waals surface area contributed by atoms with Crippen LogP contribution in [-0.2, 0) is 9.53 Å². The van der Waals surface area contributed by atoms with Crippen LogP contribution >= 0.6 is 0 Å². The van der Waals surface area contributed by atoms with Gasteiger partial charge in [0.05, 0.1) is 12.2 Å². The van der Waals surface area contributed by atoms with Gasteiger partial charge in [-0.1, -0.05) is 43.4 Å². The van der Waals surface area contributed by atoms with E-state index in [1.165, 1.54) is 0 Å². The average Bonchev–Trinajstić information content (AvgIpc) is 3.34. The van der Waals surface area contributed by atoms with Crippen molar-refractivity contribution >= 4 is 5.97 Å². The summed E-state index contributed by atoms with van der Waals surface area (Å²) in [4.78, 5) is 11.8. The molecule has 2 rings (SSSR count). The number of cyclic esters (lactones) is 1. The summed E-state index contributed by atoms with van der Waals surface area (Å²) >= 11 is 0. The first-order valence-electron chi connectivity index (χ1n) is 9.15. The van der Waals surface area contributed by atoms with Crippen LogP contribution in [0.5, 0.6) is 0 Å². The van der Waals surface area contributed by atoms with Crippen molar-refractivity contribution in [2.24, 2.45) is 11.8 Å². The first-order valence-corrected chi connectivity index (χ1v) is 9.15. The maximum absolute atomic E-state index is 11.8. The number of esters is 1.